The first-order valence-corrected chi connectivity index (χ1v) is 9.21. The minimum atomic E-state index is -1.28. The molecule has 2 heterocycles. The highest BCUT2D eigenvalue weighted by Gasteiger charge is 2.34. The number of amides is 1. The number of hydrogen-bond donors (Lipinski definition) is 5. The second-order valence-electron chi connectivity index (χ2n) is 7.66. The number of nitrogens with one attached hydrogen (secondary N) is 3. The van der Waals surface area contributed by atoms with Gasteiger partial charge in [0.1, 0.15) is 11.7 Å². The smallest absolute Gasteiger partial charge is 0.337 e. The summed E-state index contributed by atoms with van der Waals surface area (Å²) < 4.78 is 0. The van der Waals surface area contributed by atoms with Crippen LogP contribution in [0.2, 0.25) is 0 Å². The zero-order valence-electron chi connectivity index (χ0n) is 15.6. The summed E-state index contributed by atoms with van der Waals surface area (Å²) in [4.78, 5) is 31.2. The molecule has 1 atom stereocenters. The lowest BCUT2D eigenvalue weighted by atomic mass is 9.97. The summed E-state index contributed by atoms with van der Waals surface area (Å²) in [6.07, 6.45) is 7.11. The Balaban J connectivity index is 1.79. The van der Waals surface area contributed by atoms with E-state index in [2.05, 4.69) is 20.6 Å². The van der Waals surface area contributed by atoms with Crippen LogP contribution in [-0.4, -0.2) is 49.7 Å². The number of aromatic amines is 1. The Morgan fingerprint density at radius 2 is 2.07 bits per heavy atom. The highest BCUT2D eigenvalue weighted by Crippen LogP contribution is 2.22. The molecule has 1 saturated carbocycles. The van der Waals surface area contributed by atoms with E-state index in [1.54, 1.807) is 26.1 Å². The van der Waals surface area contributed by atoms with Crippen molar-refractivity contribution >= 4 is 22.9 Å². The standard InChI is InChI=1S/C19H26N4O4/c1-19(2,27)15(17(24)23-12-5-3-4-6-12)21-9-11-7-8-20-16-14(11)13(10-22-16)18(25)26/h7-8,10,12,15,21,27H,3-6,9H2,1-2H3,(H,20,22)(H,23,24)(H,25,26). The number of carbonyl (C=O) groups excluding carboxylic acids is 1. The van der Waals surface area contributed by atoms with E-state index in [-0.39, 0.29) is 24.1 Å². The largest absolute Gasteiger partial charge is 0.478 e. The lowest BCUT2D eigenvalue weighted by molar-refractivity contribution is -0.129. The molecule has 1 fully saturated rings. The van der Waals surface area contributed by atoms with Gasteiger partial charge in [0.15, 0.2) is 0 Å². The summed E-state index contributed by atoms with van der Waals surface area (Å²) in [7, 11) is 0. The summed E-state index contributed by atoms with van der Waals surface area (Å²) >= 11 is 0. The van der Waals surface area contributed by atoms with Crippen molar-refractivity contribution in [3.05, 3.63) is 29.6 Å². The Morgan fingerprint density at radius 3 is 2.70 bits per heavy atom. The molecule has 1 aliphatic rings. The molecule has 2 aromatic heterocycles. The van der Waals surface area contributed by atoms with E-state index in [1.165, 1.54) is 6.20 Å². The van der Waals surface area contributed by atoms with Gasteiger partial charge in [-0.25, -0.2) is 9.78 Å². The Hall–Kier alpha value is -2.45. The molecule has 8 nitrogen and oxygen atoms in total. The number of hydrogen-bond acceptors (Lipinski definition) is 5. The van der Waals surface area contributed by atoms with Gasteiger partial charge < -0.3 is 20.5 Å². The number of carboxylic acid groups (broad SMARTS) is 1. The molecule has 1 aliphatic carbocycles. The van der Waals surface area contributed by atoms with Gasteiger partial charge in [-0.05, 0) is 38.3 Å². The van der Waals surface area contributed by atoms with E-state index < -0.39 is 17.6 Å². The second kappa shape index (κ2) is 7.66. The maximum Gasteiger partial charge on any atom is 0.337 e. The molecule has 146 valence electrons. The lowest BCUT2D eigenvalue weighted by Gasteiger charge is -2.30. The monoisotopic (exact) mass is 374 g/mol. The van der Waals surface area contributed by atoms with E-state index in [4.69, 9.17) is 0 Å². The molecule has 0 aromatic carbocycles. The maximum absolute atomic E-state index is 12.7. The summed E-state index contributed by atoms with van der Waals surface area (Å²) in [6, 6.07) is 1.04. The predicted molar refractivity (Wildman–Crippen MR) is 100 cm³/mol. The minimum absolute atomic E-state index is 0.130. The molecule has 0 spiro atoms. The van der Waals surface area contributed by atoms with Gasteiger partial charge in [-0.3, -0.25) is 10.1 Å². The van der Waals surface area contributed by atoms with Crippen LogP contribution < -0.4 is 10.6 Å². The van der Waals surface area contributed by atoms with Crippen molar-refractivity contribution in [2.45, 2.75) is 63.8 Å². The average Bonchev–Trinajstić information content (AvgIpc) is 3.23. The number of pyridine rings is 1. The third-order valence-electron chi connectivity index (χ3n) is 5.06. The van der Waals surface area contributed by atoms with E-state index in [0.29, 0.717) is 16.6 Å². The molecule has 0 radical (unpaired) electrons. The fourth-order valence-electron chi connectivity index (χ4n) is 3.67. The highest BCUT2D eigenvalue weighted by molar-refractivity contribution is 6.03. The van der Waals surface area contributed by atoms with Crippen molar-refractivity contribution in [3.8, 4) is 0 Å². The van der Waals surface area contributed by atoms with Crippen LogP contribution in [0.4, 0.5) is 0 Å². The van der Waals surface area contributed by atoms with Crippen LogP contribution in [0, 0.1) is 0 Å². The SMILES string of the molecule is CC(C)(O)C(NCc1ccnc2[nH]cc(C(=O)O)c12)C(=O)NC1CCCC1. The molecule has 0 saturated heterocycles. The number of H-pyrrole nitrogens is 1. The lowest BCUT2D eigenvalue weighted by Crippen LogP contribution is -2.57. The van der Waals surface area contributed by atoms with Crippen molar-refractivity contribution in [1.29, 1.82) is 0 Å². The van der Waals surface area contributed by atoms with Crippen molar-refractivity contribution in [3.63, 3.8) is 0 Å². The zero-order valence-corrected chi connectivity index (χ0v) is 15.6. The average molecular weight is 374 g/mol. The molecule has 27 heavy (non-hydrogen) atoms. The number of aromatic carboxylic acids is 1. The van der Waals surface area contributed by atoms with Crippen LogP contribution in [0.25, 0.3) is 11.0 Å². The fraction of sp³-hybridized carbons (Fsp3) is 0.526. The van der Waals surface area contributed by atoms with Crippen molar-refractivity contribution in [1.82, 2.24) is 20.6 Å². The molecule has 8 heteroatoms. The van der Waals surface area contributed by atoms with Crippen LogP contribution >= 0.6 is 0 Å². The van der Waals surface area contributed by atoms with Gasteiger partial charge in [-0.2, -0.15) is 0 Å². The van der Waals surface area contributed by atoms with Gasteiger partial charge in [-0.1, -0.05) is 12.8 Å². The summed E-state index contributed by atoms with van der Waals surface area (Å²) in [5, 5.41) is 26.5. The van der Waals surface area contributed by atoms with Gasteiger partial charge in [0, 0.05) is 30.4 Å². The van der Waals surface area contributed by atoms with Gasteiger partial charge >= 0.3 is 5.97 Å². The van der Waals surface area contributed by atoms with E-state index in [0.717, 1.165) is 25.7 Å². The molecule has 1 amide bonds. The molecule has 0 aliphatic heterocycles. The predicted octanol–water partition coefficient (Wildman–Crippen LogP) is 1.55. The Kier molecular flexibility index (Phi) is 5.48. The molecule has 3 rings (SSSR count). The molecule has 0 bridgehead atoms. The zero-order chi connectivity index (χ0) is 19.6. The van der Waals surface area contributed by atoms with Crippen LogP contribution in [-0.2, 0) is 11.3 Å². The van der Waals surface area contributed by atoms with Crippen molar-refractivity contribution in [2.24, 2.45) is 0 Å². The third kappa shape index (κ3) is 4.28. The fourth-order valence-corrected chi connectivity index (χ4v) is 3.67. The Morgan fingerprint density at radius 1 is 1.37 bits per heavy atom. The van der Waals surface area contributed by atoms with Gasteiger partial charge in [0.05, 0.1) is 11.2 Å². The second-order valence-corrected chi connectivity index (χ2v) is 7.66. The number of nitrogens with zero attached hydrogens (tertiary/aromatic N) is 1. The quantitative estimate of drug-likeness (QED) is 0.500. The Labute approximate surface area is 157 Å². The van der Waals surface area contributed by atoms with Crippen molar-refractivity contribution < 1.29 is 19.8 Å². The minimum Gasteiger partial charge on any atom is -0.478 e. The molecule has 2 aromatic rings. The first kappa shape index (κ1) is 19.3. The van der Waals surface area contributed by atoms with Gasteiger partial charge in [-0.15, -0.1) is 0 Å². The summed E-state index contributed by atoms with van der Waals surface area (Å²) in [6.45, 7) is 3.39. The maximum atomic E-state index is 12.7. The molecular weight excluding hydrogens is 348 g/mol. The summed E-state index contributed by atoms with van der Waals surface area (Å²) in [5.74, 6) is -1.29. The van der Waals surface area contributed by atoms with E-state index >= 15 is 0 Å². The molecular formula is C19H26N4O4. The molecule has 5 N–H and O–H groups in total. The van der Waals surface area contributed by atoms with Crippen LogP contribution in [0.1, 0.15) is 55.5 Å². The number of rotatable bonds is 7. The number of carbonyl (C=O) groups is 2. The molecule has 1 unspecified atom stereocenters. The third-order valence-corrected chi connectivity index (χ3v) is 5.06. The number of carboxylic acids is 1. The number of aliphatic hydroxyl groups is 1. The summed E-state index contributed by atoms with van der Waals surface area (Å²) in [5.41, 5.74) is 0.0244. The van der Waals surface area contributed by atoms with Crippen molar-refractivity contribution in [2.75, 3.05) is 0 Å². The van der Waals surface area contributed by atoms with Crippen LogP contribution in [0.15, 0.2) is 18.5 Å². The number of fused-ring (bicyclic) bond motifs is 1. The van der Waals surface area contributed by atoms with E-state index in [1.807, 2.05) is 0 Å². The first-order chi connectivity index (χ1) is 12.8. The normalized spacial score (nSPS) is 16.6. The van der Waals surface area contributed by atoms with Gasteiger partial charge in [0.2, 0.25) is 5.91 Å². The first-order valence-electron chi connectivity index (χ1n) is 9.21. The topological polar surface area (TPSA) is 127 Å². The van der Waals surface area contributed by atoms with E-state index in [9.17, 15) is 19.8 Å². The van der Waals surface area contributed by atoms with Crippen LogP contribution in [0.3, 0.4) is 0 Å². The number of aromatic nitrogens is 2. The Bertz CT molecular complexity index is 834. The highest BCUT2D eigenvalue weighted by atomic mass is 16.4. The van der Waals surface area contributed by atoms with Gasteiger partial charge in [0.25, 0.3) is 0 Å². The van der Waals surface area contributed by atoms with Crippen LogP contribution in [0.5, 0.6) is 0 Å².